The highest BCUT2D eigenvalue weighted by atomic mass is 19.1. The molecule has 1 aromatic rings. The molecule has 1 aromatic carbocycles. The lowest BCUT2D eigenvalue weighted by Crippen LogP contribution is -2.41. The number of hydrogen-bond donors (Lipinski definition) is 1. The normalized spacial score (nSPS) is 11.6. The second-order valence-electron chi connectivity index (χ2n) is 5.03. The topological polar surface area (TPSA) is 15.3 Å². The summed E-state index contributed by atoms with van der Waals surface area (Å²) in [7, 11) is 3.94. The Kier molecular flexibility index (Phi) is 4.52. The third kappa shape index (κ3) is 3.19. The number of hydrogen-bond acceptors (Lipinski definition) is 2. The van der Waals surface area contributed by atoms with Crippen LogP contribution in [0.3, 0.4) is 0 Å². The van der Waals surface area contributed by atoms with E-state index in [1.54, 1.807) is 6.07 Å². The maximum atomic E-state index is 13.3. The number of rotatable bonds is 5. The lowest BCUT2D eigenvalue weighted by Gasteiger charge is -2.38. The van der Waals surface area contributed by atoms with Gasteiger partial charge in [0.15, 0.2) is 0 Å². The van der Waals surface area contributed by atoms with E-state index in [1.807, 2.05) is 13.1 Å². The van der Waals surface area contributed by atoms with E-state index < -0.39 is 0 Å². The van der Waals surface area contributed by atoms with Gasteiger partial charge < -0.3 is 10.2 Å². The average molecular weight is 238 g/mol. The third-order valence-electron chi connectivity index (χ3n) is 3.54. The molecule has 0 unspecified atom stereocenters. The molecule has 0 aliphatic heterocycles. The molecule has 0 saturated heterocycles. The van der Waals surface area contributed by atoms with Crippen LogP contribution in [-0.4, -0.2) is 19.6 Å². The summed E-state index contributed by atoms with van der Waals surface area (Å²) in [4.78, 5) is 2.22. The number of benzene rings is 1. The van der Waals surface area contributed by atoms with Gasteiger partial charge in [-0.3, -0.25) is 0 Å². The monoisotopic (exact) mass is 238 g/mol. The highest BCUT2D eigenvalue weighted by Gasteiger charge is 2.23. The van der Waals surface area contributed by atoms with Gasteiger partial charge in [-0.05, 0) is 51.1 Å². The van der Waals surface area contributed by atoms with E-state index in [1.165, 1.54) is 6.07 Å². The van der Waals surface area contributed by atoms with Crippen LogP contribution in [0, 0.1) is 5.82 Å². The van der Waals surface area contributed by atoms with Crippen LogP contribution in [0.4, 0.5) is 10.1 Å². The van der Waals surface area contributed by atoms with E-state index >= 15 is 0 Å². The molecule has 3 heteroatoms. The van der Waals surface area contributed by atoms with Crippen LogP contribution in [0.15, 0.2) is 18.2 Å². The Bertz CT molecular complexity index is 374. The highest BCUT2D eigenvalue weighted by Crippen LogP contribution is 2.28. The highest BCUT2D eigenvalue weighted by molar-refractivity contribution is 5.55. The van der Waals surface area contributed by atoms with Crippen molar-refractivity contribution in [2.45, 2.75) is 39.3 Å². The Morgan fingerprint density at radius 1 is 1.35 bits per heavy atom. The van der Waals surface area contributed by atoms with E-state index in [0.29, 0.717) is 6.54 Å². The van der Waals surface area contributed by atoms with E-state index in [2.05, 4.69) is 38.0 Å². The Balaban J connectivity index is 3.12. The second-order valence-corrected chi connectivity index (χ2v) is 5.03. The first-order valence-corrected chi connectivity index (χ1v) is 6.09. The van der Waals surface area contributed by atoms with Crippen LogP contribution in [-0.2, 0) is 6.54 Å². The Morgan fingerprint density at radius 3 is 2.53 bits per heavy atom. The van der Waals surface area contributed by atoms with Gasteiger partial charge >= 0.3 is 0 Å². The number of halogens is 1. The molecular weight excluding hydrogens is 215 g/mol. The summed E-state index contributed by atoms with van der Waals surface area (Å²) in [6.45, 7) is 7.23. The predicted molar refractivity (Wildman–Crippen MR) is 71.9 cm³/mol. The maximum absolute atomic E-state index is 13.3. The molecule has 0 fully saturated rings. The smallest absolute Gasteiger partial charge is 0.123 e. The Labute approximate surface area is 104 Å². The molecule has 96 valence electrons. The van der Waals surface area contributed by atoms with Gasteiger partial charge in [0.25, 0.3) is 0 Å². The minimum Gasteiger partial charge on any atom is -0.369 e. The van der Waals surface area contributed by atoms with Crippen LogP contribution in [0.5, 0.6) is 0 Å². The van der Waals surface area contributed by atoms with E-state index in [9.17, 15) is 4.39 Å². The standard InChI is InChI=1S/C14H23FN2/c1-6-14(2,3)17(5)13-8-7-12(15)9-11(13)10-16-4/h7-9,16H,6,10H2,1-5H3. The summed E-state index contributed by atoms with van der Waals surface area (Å²) in [6, 6.07) is 4.99. The van der Waals surface area contributed by atoms with Crippen molar-refractivity contribution in [2.75, 3.05) is 19.0 Å². The molecule has 1 N–H and O–H groups in total. The van der Waals surface area contributed by atoms with E-state index in [0.717, 1.165) is 17.7 Å². The molecule has 0 saturated carbocycles. The minimum absolute atomic E-state index is 0.0698. The molecular formula is C14H23FN2. The van der Waals surface area contributed by atoms with Gasteiger partial charge in [0.1, 0.15) is 5.82 Å². The van der Waals surface area contributed by atoms with Gasteiger partial charge in [0.2, 0.25) is 0 Å². The maximum Gasteiger partial charge on any atom is 0.123 e. The third-order valence-corrected chi connectivity index (χ3v) is 3.54. The van der Waals surface area contributed by atoms with E-state index in [4.69, 9.17) is 0 Å². The molecule has 17 heavy (non-hydrogen) atoms. The fourth-order valence-corrected chi connectivity index (χ4v) is 1.78. The van der Waals surface area contributed by atoms with Crippen LogP contribution in [0.1, 0.15) is 32.8 Å². The van der Waals surface area contributed by atoms with Crippen molar-refractivity contribution in [1.29, 1.82) is 0 Å². The van der Waals surface area contributed by atoms with Crippen molar-refractivity contribution < 1.29 is 4.39 Å². The van der Waals surface area contributed by atoms with Gasteiger partial charge in [-0.2, -0.15) is 0 Å². The zero-order valence-electron chi connectivity index (χ0n) is 11.5. The molecule has 0 atom stereocenters. The zero-order valence-corrected chi connectivity index (χ0v) is 11.5. The van der Waals surface area contributed by atoms with Crippen LogP contribution < -0.4 is 10.2 Å². The molecule has 0 spiro atoms. The number of nitrogens with zero attached hydrogens (tertiary/aromatic N) is 1. The van der Waals surface area contributed by atoms with Gasteiger partial charge in [-0.1, -0.05) is 6.92 Å². The quantitative estimate of drug-likeness (QED) is 0.847. The summed E-state index contributed by atoms with van der Waals surface area (Å²) < 4.78 is 13.3. The molecule has 0 aromatic heterocycles. The summed E-state index contributed by atoms with van der Waals surface area (Å²) in [6.07, 6.45) is 1.04. The van der Waals surface area contributed by atoms with Gasteiger partial charge in [0, 0.05) is 24.8 Å². The molecule has 0 heterocycles. The van der Waals surface area contributed by atoms with Crippen LogP contribution >= 0.6 is 0 Å². The van der Waals surface area contributed by atoms with Crippen molar-refractivity contribution in [3.8, 4) is 0 Å². The molecule has 0 aliphatic carbocycles. The van der Waals surface area contributed by atoms with Crippen molar-refractivity contribution in [1.82, 2.24) is 5.32 Å². The Morgan fingerprint density at radius 2 is 2.00 bits per heavy atom. The number of nitrogens with one attached hydrogen (secondary N) is 1. The summed E-state index contributed by atoms with van der Waals surface area (Å²) in [5, 5.41) is 3.08. The minimum atomic E-state index is -0.179. The number of anilines is 1. The van der Waals surface area contributed by atoms with Crippen LogP contribution in [0.25, 0.3) is 0 Å². The van der Waals surface area contributed by atoms with Gasteiger partial charge in [0.05, 0.1) is 0 Å². The van der Waals surface area contributed by atoms with Crippen LogP contribution in [0.2, 0.25) is 0 Å². The summed E-state index contributed by atoms with van der Waals surface area (Å²) in [5.74, 6) is -0.179. The fraction of sp³-hybridized carbons (Fsp3) is 0.571. The Hall–Kier alpha value is -1.09. The molecule has 1 rings (SSSR count). The molecule has 2 nitrogen and oxygen atoms in total. The van der Waals surface area contributed by atoms with Crippen molar-refractivity contribution in [2.24, 2.45) is 0 Å². The first-order chi connectivity index (χ1) is 7.92. The van der Waals surface area contributed by atoms with Crippen molar-refractivity contribution in [3.05, 3.63) is 29.6 Å². The first-order valence-electron chi connectivity index (χ1n) is 6.09. The summed E-state index contributed by atoms with van der Waals surface area (Å²) in [5.41, 5.74) is 2.16. The predicted octanol–water partition coefficient (Wildman–Crippen LogP) is 3.17. The van der Waals surface area contributed by atoms with Crippen molar-refractivity contribution in [3.63, 3.8) is 0 Å². The van der Waals surface area contributed by atoms with Crippen molar-refractivity contribution >= 4 is 5.69 Å². The lowest BCUT2D eigenvalue weighted by molar-refractivity contribution is 0.469. The first kappa shape index (κ1) is 14.0. The molecule has 0 bridgehead atoms. The van der Waals surface area contributed by atoms with Gasteiger partial charge in [-0.15, -0.1) is 0 Å². The fourth-order valence-electron chi connectivity index (χ4n) is 1.78. The molecule has 0 aliphatic rings. The summed E-state index contributed by atoms with van der Waals surface area (Å²) >= 11 is 0. The van der Waals surface area contributed by atoms with E-state index in [-0.39, 0.29) is 11.4 Å². The SMILES string of the molecule is CCC(C)(C)N(C)c1ccc(F)cc1CNC. The average Bonchev–Trinajstić information content (AvgIpc) is 2.29. The second kappa shape index (κ2) is 5.50. The lowest BCUT2D eigenvalue weighted by atomic mass is 9.98. The van der Waals surface area contributed by atoms with Gasteiger partial charge in [-0.25, -0.2) is 4.39 Å². The largest absolute Gasteiger partial charge is 0.369 e. The zero-order chi connectivity index (χ0) is 13.1. The molecule has 0 amide bonds. The molecule has 0 radical (unpaired) electrons.